The van der Waals surface area contributed by atoms with E-state index in [1.807, 2.05) is 0 Å². The van der Waals surface area contributed by atoms with Crippen molar-refractivity contribution in [1.82, 2.24) is 9.97 Å². The van der Waals surface area contributed by atoms with Gasteiger partial charge >= 0.3 is 0 Å². The van der Waals surface area contributed by atoms with Gasteiger partial charge in [0.05, 0.1) is 16.9 Å². The van der Waals surface area contributed by atoms with Gasteiger partial charge in [0.15, 0.2) is 10.9 Å². The molecule has 2 aromatic heterocycles. The molecule has 4 aromatic rings. The van der Waals surface area contributed by atoms with Crippen LogP contribution < -0.4 is 4.90 Å². The minimum absolute atomic E-state index is 0.00523. The van der Waals surface area contributed by atoms with E-state index >= 15 is 0 Å². The summed E-state index contributed by atoms with van der Waals surface area (Å²) in [4.78, 5) is 23.1. The van der Waals surface area contributed by atoms with Gasteiger partial charge in [0, 0.05) is 27.9 Å². The van der Waals surface area contributed by atoms with Crippen LogP contribution in [0.15, 0.2) is 54.7 Å². The molecule has 0 atom stereocenters. The maximum Gasteiger partial charge on any atom is 0.260 e. The molecule has 0 fully saturated rings. The van der Waals surface area contributed by atoms with Gasteiger partial charge in [-0.15, -0.1) is 0 Å². The number of anilines is 1. The number of nitrogens with zero attached hydrogens (tertiary/aromatic N) is 3. The average molecular weight is 450 g/mol. The summed E-state index contributed by atoms with van der Waals surface area (Å²) in [7, 11) is 0. The lowest BCUT2D eigenvalue weighted by atomic mass is 10.2. The Balaban J connectivity index is 1.82. The first-order valence-electron chi connectivity index (χ1n) is 8.34. The van der Waals surface area contributed by atoms with E-state index in [1.165, 1.54) is 29.2 Å². The highest BCUT2D eigenvalue weighted by molar-refractivity contribution is 7.22. The van der Waals surface area contributed by atoms with Crippen molar-refractivity contribution in [3.05, 3.63) is 87.7 Å². The average Bonchev–Trinajstić information content (AvgIpc) is 3.09. The number of pyridine rings is 1. The smallest absolute Gasteiger partial charge is 0.260 e. The van der Waals surface area contributed by atoms with E-state index in [4.69, 9.17) is 23.2 Å². The minimum atomic E-state index is -0.793. The minimum Gasteiger partial charge on any atom is -0.278 e. The molecule has 9 heteroatoms. The number of carbonyl (C=O) groups excluding carboxylic acids is 1. The predicted octanol–water partition coefficient (Wildman–Crippen LogP) is 6.12. The SMILES string of the molecule is O=C(c1cc(Cl)cc(Cl)c1)N(Cc1ccccn1)c1nc2c(F)cc(F)cc2s1. The molecule has 0 aliphatic rings. The predicted molar refractivity (Wildman–Crippen MR) is 111 cm³/mol. The molecule has 2 heterocycles. The van der Waals surface area contributed by atoms with Crippen molar-refractivity contribution in [2.45, 2.75) is 6.54 Å². The Morgan fingerprint density at radius 3 is 2.52 bits per heavy atom. The number of rotatable bonds is 4. The van der Waals surface area contributed by atoms with Gasteiger partial charge < -0.3 is 0 Å². The summed E-state index contributed by atoms with van der Waals surface area (Å²) < 4.78 is 28.0. The van der Waals surface area contributed by atoms with Gasteiger partial charge in [-0.25, -0.2) is 13.8 Å². The summed E-state index contributed by atoms with van der Waals surface area (Å²) in [6.07, 6.45) is 1.60. The first-order chi connectivity index (χ1) is 13.9. The standard InChI is InChI=1S/C20H11Cl2F2N3OS/c21-12-5-11(6-13(22)7-12)19(28)27(10-15-3-1-2-4-25-15)20-26-18-16(24)8-14(23)9-17(18)29-20/h1-9H,10H2. The van der Waals surface area contributed by atoms with Gasteiger partial charge in [0.25, 0.3) is 5.91 Å². The van der Waals surface area contributed by atoms with E-state index < -0.39 is 17.5 Å². The fourth-order valence-corrected chi connectivity index (χ4v) is 4.30. The van der Waals surface area contributed by atoms with E-state index in [0.29, 0.717) is 20.4 Å². The normalized spacial score (nSPS) is 11.0. The number of carbonyl (C=O) groups is 1. The van der Waals surface area contributed by atoms with Crippen molar-refractivity contribution in [3.63, 3.8) is 0 Å². The van der Waals surface area contributed by atoms with E-state index in [9.17, 15) is 13.6 Å². The van der Waals surface area contributed by atoms with Gasteiger partial charge in [0.1, 0.15) is 11.3 Å². The van der Waals surface area contributed by atoms with Crippen molar-refractivity contribution in [2.75, 3.05) is 4.90 Å². The van der Waals surface area contributed by atoms with Gasteiger partial charge in [-0.2, -0.15) is 0 Å². The molecular weight excluding hydrogens is 439 g/mol. The number of fused-ring (bicyclic) bond motifs is 1. The number of thiazole rings is 1. The van der Waals surface area contributed by atoms with Crippen molar-refractivity contribution in [2.24, 2.45) is 0 Å². The first kappa shape index (κ1) is 19.7. The first-order valence-corrected chi connectivity index (χ1v) is 9.91. The quantitative estimate of drug-likeness (QED) is 0.376. The molecule has 0 aliphatic carbocycles. The summed E-state index contributed by atoms with van der Waals surface area (Å²) in [5.74, 6) is -1.95. The summed E-state index contributed by atoms with van der Waals surface area (Å²) in [5.41, 5.74) is 0.832. The van der Waals surface area contributed by atoms with E-state index in [0.717, 1.165) is 17.4 Å². The van der Waals surface area contributed by atoms with Crippen LogP contribution in [0.25, 0.3) is 10.2 Å². The zero-order chi connectivity index (χ0) is 20.5. The second-order valence-corrected chi connectivity index (χ2v) is 7.98. The molecule has 4 rings (SSSR count). The summed E-state index contributed by atoms with van der Waals surface area (Å²) in [5, 5.41) is 0.809. The lowest BCUT2D eigenvalue weighted by Crippen LogP contribution is -2.30. The lowest BCUT2D eigenvalue weighted by molar-refractivity contribution is 0.0985. The van der Waals surface area contributed by atoms with Crippen molar-refractivity contribution in [1.29, 1.82) is 0 Å². The van der Waals surface area contributed by atoms with Crippen LogP contribution in [0.2, 0.25) is 10.0 Å². The molecule has 1 amide bonds. The Labute approximate surface area is 178 Å². The summed E-state index contributed by atoms with van der Waals surface area (Å²) in [6.45, 7) is 0.0771. The Hall–Kier alpha value is -2.61. The monoisotopic (exact) mass is 449 g/mol. The van der Waals surface area contributed by atoms with Gasteiger partial charge in [-0.05, 0) is 36.4 Å². The zero-order valence-corrected chi connectivity index (χ0v) is 16.9. The second-order valence-electron chi connectivity index (χ2n) is 6.10. The summed E-state index contributed by atoms with van der Waals surface area (Å²) >= 11 is 13.1. The lowest BCUT2D eigenvalue weighted by Gasteiger charge is -2.20. The Morgan fingerprint density at radius 2 is 1.83 bits per heavy atom. The van der Waals surface area contributed by atoms with Crippen LogP contribution in [0, 0.1) is 11.6 Å². The zero-order valence-electron chi connectivity index (χ0n) is 14.6. The fraction of sp³-hybridized carbons (Fsp3) is 0.0500. The molecule has 0 spiro atoms. The molecule has 2 aromatic carbocycles. The van der Waals surface area contributed by atoms with Crippen LogP contribution >= 0.6 is 34.5 Å². The molecule has 0 radical (unpaired) electrons. The van der Waals surface area contributed by atoms with E-state index in [-0.39, 0.29) is 22.8 Å². The Bertz CT molecular complexity index is 1200. The molecule has 146 valence electrons. The third kappa shape index (κ3) is 4.22. The molecule has 0 saturated heterocycles. The Kier molecular flexibility index (Phi) is 5.45. The molecule has 0 aliphatic heterocycles. The molecule has 29 heavy (non-hydrogen) atoms. The Morgan fingerprint density at radius 1 is 1.07 bits per heavy atom. The largest absolute Gasteiger partial charge is 0.278 e. The van der Waals surface area contributed by atoms with Crippen molar-refractivity contribution >= 4 is 55.8 Å². The highest BCUT2D eigenvalue weighted by Crippen LogP contribution is 2.33. The topological polar surface area (TPSA) is 46.1 Å². The number of hydrogen-bond donors (Lipinski definition) is 0. The number of benzene rings is 2. The highest BCUT2D eigenvalue weighted by Gasteiger charge is 2.24. The number of halogens is 4. The van der Waals surface area contributed by atoms with Gasteiger partial charge in [-0.1, -0.05) is 40.6 Å². The maximum absolute atomic E-state index is 14.1. The molecule has 0 bridgehead atoms. The highest BCUT2D eigenvalue weighted by atomic mass is 35.5. The number of aromatic nitrogens is 2. The van der Waals surface area contributed by atoms with Crippen LogP contribution in [-0.4, -0.2) is 15.9 Å². The van der Waals surface area contributed by atoms with E-state index in [2.05, 4.69) is 9.97 Å². The fourth-order valence-electron chi connectivity index (χ4n) is 2.77. The summed E-state index contributed by atoms with van der Waals surface area (Å²) in [6, 6.07) is 11.7. The van der Waals surface area contributed by atoms with Gasteiger partial charge in [0.2, 0.25) is 0 Å². The number of amides is 1. The second kappa shape index (κ2) is 8.02. The van der Waals surface area contributed by atoms with Crippen LogP contribution in [0.1, 0.15) is 16.1 Å². The third-order valence-corrected chi connectivity index (χ3v) is 5.50. The van der Waals surface area contributed by atoms with Crippen LogP contribution in [-0.2, 0) is 6.54 Å². The van der Waals surface area contributed by atoms with Crippen molar-refractivity contribution in [3.8, 4) is 0 Å². The molecule has 0 N–H and O–H groups in total. The number of hydrogen-bond acceptors (Lipinski definition) is 4. The molecule has 0 saturated carbocycles. The van der Waals surface area contributed by atoms with E-state index in [1.54, 1.807) is 24.4 Å². The van der Waals surface area contributed by atoms with Gasteiger partial charge in [-0.3, -0.25) is 14.7 Å². The van der Waals surface area contributed by atoms with Crippen LogP contribution in [0.3, 0.4) is 0 Å². The molecule has 4 nitrogen and oxygen atoms in total. The van der Waals surface area contributed by atoms with Crippen molar-refractivity contribution < 1.29 is 13.6 Å². The molecular formula is C20H11Cl2F2N3OS. The third-order valence-electron chi connectivity index (χ3n) is 4.03. The molecule has 0 unspecified atom stereocenters. The maximum atomic E-state index is 14.1. The van der Waals surface area contributed by atoms with Crippen LogP contribution in [0.4, 0.5) is 13.9 Å². The van der Waals surface area contributed by atoms with Crippen LogP contribution in [0.5, 0.6) is 0 Å².